The summed E-state index contributed by atoms with van der Waals surface area (Å²) in [6, 6.07) is 10.7. The highest BCUT2D eigenvalue weighted by Gasteiger charge is 1.93. The van der Waals surface area contributed by atoms with Crippen molar-refractivity contribution in [2.24, 2.45) is 0 Å². The summed E-state index contributed by atoms with van der Waals surface area (Å²) in [5, 5.41) is 0. The molecule has 0 heterocycles. The Morgan fingerprint density at radius 3 is 2.38 bits per heavy atom. The predicted molar refractivity (Wildman–Crippen MR) is 69.4 cm³/mol. The minimum absolute atomic E-state index is 0.810. The minimum atomic E-state index is 0.810. The number of benzene rings is 1. The van der Waals surface area contributed by atoms with Crippen molar-refractivity contribution in [3.8, 4) is 0 Å². The summed E-state index contributed by atoms with van der Waals surface area (Å²) in [6.45, 7) is 5.45. The van der Waals surface area contributed by atoms with Gasteiger partial charge >= 0.3 is 0 Å². The molecule has 0 saturated heterocycles. The Kier molecular flexibility index (Phi) is 7.79. The highest BCUT2D eigenvalue weighted by molar-refractivity contribution is 5.14. The Bertz CT molecular complexity index is 243. The van der Waals surface area contributed by atoms with E-state index in [1.807, 2.05) is 0 Å². The van der Waals surface area contributed by atoms with Crippen LogP contribution < -0.4 is 0 Å². The summed E-state index contributed by atoms with van der Waals surface area (Å²) in [6.07, 6.45) is 7.16. The van der Waals surface area contributed by atoms with Crippen molar-refractivity contribution in [3.05, 3.63) is 42.8 Å². The molecule has 0 aliphatic heterocycles. The van der Waals surface area contributed by atoms with E-state index in [9.17, 15) is 0 Å². The summed E-state index contributed by atoms with van der Waals surface area (Å²) in [4.78, 5) is 0. The van der Waals surface area contributed by atoms with Crippen molar-refractivity contribution in [1.29, 1.82) is 0 Å². The van der Waals surface area contributed by atoms with Crippen LogP contribution in [0.4, 0.5) is 0 Å². The number of unbranched alkanes of at least 4 members (excludes halogenated alkanes) is 3. The van der Waals surface area contributed by atoms with Gasteiger partial charge in [-0.2, -0.15) is 0 Å². The van der Waals surface area contributed by atoms with Crippen molar-refractivity contribution in [3.63, 3.8) is 0 Å². The molecule has 0 unspecified atom stereocenters. The van der Waals surface area contributed by atoms with E-state index < -0.39 is 0 Å². The number of rotatable bonds is 9. The van der Waals surface area contributed by atoms with Crippen molar-refractivity contribution < 1.29 is 4.74 Å². The number of hydrogen-bond donors (Lipinski definition) is 0. The fourth-order valence-electron chi connectivity index (χ4n) is 1.74. The number of aryl methyl sites for hydroxylation is 1. The van der Waals surface area contributed by atoms with E-state index >= 15 is 0 Å². The summed E-state index contributed by atoms with van der Waals surface area (Å²) < 4.78 is 5.39. The molecule has 1 rings (SSSR count). The first kappa shape index (κ1) is 13.2. The van der Waals surface area contributed by atoms with E-state index in [4.69, 9.17) is 4.74 Å². The lowest BCUT2D eigenvalue weighted by Crippen LogP contribution is -1.95. The number of ether oxygens (including phenoxy) is 1. The summed E-state index contributed by atoms with van der Waals surface area (Å²) >= 11 is 0. The Labute approximate surface area is 99.8 Å². The second kappa shape index (κ2) is 9.41. The third-order valence-corrected chi connectivity index (χ3v) is 2.64. The van der Waals surface area contributed by atoms with Crippen LogP contribution in [0.25, 0.3) is 0 Å². The first-order valence-corrected chi connectivity index (χ1v) is 6.34. The summed E-state index contributed by atoms with van der Waals surface area (Å²) in [7, 11) is 0. The van der Waals surface area contributed by atoms with Crippen molar-refractivity contribution in [1.82, 2.24) is 0 Å². The monoisotopic (exact) mass is 219 g/mol. The molecule has 0 fully saturated rings. The van der Waals surface area contributed by atoms with Crippen molar-refractivity contribution in [2.45, 2.75) is 38.5 Å². The molecule has 1 aromatic rings. The molecule has 1 aromatic carbocycles. The fourth-order valence-corrected chi connectivity index (χ4v) is 1.74. The van der Waals surface area contributed by atoms with Crippen LogP contribution >= 0.6 is 0 Å². The molecule has 0 N–H and O–H groups in total. The van der Waals surface area contributed by atoms with Gasteiger partial charge in [0.15, 0.2) is 0 Å². The third-order valence-electron chi connectivity index (χ3n) is 2.64. The minimum Gasteiger partial charge on any atom is -0.381 e. The van der Waals surface area contributed by atoms with E-state index in [1.54, 1.807) is 0 Å². The average Bonchev–Trinajstić information content (AvgIpc) is 2.34. The predicted octanol–water partition coefficient (Wildman–Crippen LogP) is 4.03. The van der Waals surface area contributed by atoms with Gasteiger partial charge in [-0.15, -0.1) is 0 Å². The maximum absolute atomic E-state index is 5.39. The van der Waals surface area contributed by atoms with Crippen LogP contribution in [0.2, 0.25) is 0 Å². The molecule has 1 heteroatoms. The third kappa shape index (κ3) is 6.62. The van der Waals surface area contributed by atoms with Crippen LogP contribution in [-0.4, -0.2) is 13.2 Å². The first-order valence-electron chi connectivity index (χ1n) is 6.34. The van der Waals surface area contributed by atoms with Gasteiger partial charge in [0.1, 0.15) is 0 Å². The Morgan fingerprint density at radius 2 is 1.62 bits per heavy atom. The zero-order chi connectivity index (χ0) is 11.5. The molecule has 1 nitrogen and oxygen atoms in total. The smallest absolute Gasteiger partial charge is 0.0466 e. The van der Waals surface area contributed by atoms with Gasteiger partial charge < -0.3 is 4.74 Å². The molecule has 16 heavy (non-hydrogen) atoms. The van der Waals surface area contributed by atoms with E-state index in [0.717, 1.165) is 19.6 Å². The van der Waals surface area contributed by atoms with Gasteiger partial charge in [0, 0.05) is 13.2 Å². The maximum Gasteiger partial charge on any atom is 0.0466 e. The summed E-state index contributed by atoms with van der Waals surface area (Å²) in [5.41, 5.74) is 1.45. The van der Waals surface area contributed by atoms with E-state index in [-0.39, 0.29) is 0 Å². The van der Waals surface area contributed by atoms with Crippen LogP contribution in [0.1, 0.15) is 37.7 Å². The van der Waals surface area contributed by atoms with Crippen molar-refractivity contribution >= 4 is 0 Å². The Hall–Kier alpha value is -0.820. The molecule has 0 bridgehead atoms. The first-order chi connectivity index (χ1) is 7.93. The van der Waals surface area contributed by atoms with Crippen LogP contribution in [0.3, 0.4) is 0 Å². The van der Waals surface area contributed by atoms with Gasteiger partial charge in [-0.1, -0.05) is 50.1 Å². The molecule has 0 aliphatic rings. The van der Waals surface area contributed by atoms with Gasteiger partial charge in [0.2, 0.25) is 0 Å². The van der Waals surface area contributed by atoms with Crippen LogP contribution in [0.15, 0.2) is 30.3 Å². The SMILES string of the molecule is [CH2]CCOCCCCCCc1ccccc1. The topological polar surface area (TPSA) is 9.23 Å². The molecule has 0 spiro atoms. The Balaban J connectivity index is 1.89. The maximum atomic E-state index is 5.39. The number of hydrogen-bond acceptors (Lipinski definition) is 1. The summed E-state index contributed by atoms with van der Waals surface area (Å²) in [5.74, 6) is 0. The molecule has 0 amide bonds. The van der Waals surface area contributed by atoms with Gasteiger partial charge in [-0.3, -0.25) is 0 Å². The molecular weight excluding hydrogens is 196 g/mol. The van der Waals surface area contributed by atoms with Gasteiger partial charge in [-0.25, -0.2) is 0 Å². The highest BCUT2D eigenvalue weighted by Crippen LogP contribution is 2.07. The zero-order valence-corrected chi connectivity index (χ0v) is 10.2. The normalized spacial score (nSPS) is 10.6. The zero-order valence-electron chi connectivity index (χ0n) is 10.2. The average molecular weight is 219 g/mol. The molecule has 1 radical (unpaired) electrons. The van der Waals surface area contributed by atoms with E-state index in [0.29, 0.717) is 0 Å². The lowest BCUT2D eigenvalue weighted by Gasteiger charge is -2.03. The quantitative estimate of drug-likeness (QED) is 0.570. The lowest BCUT2D eigenvalue weighted by molar-refractivity contribution is 0.134. The fraction of sp³-hybridized carbons (Fsp3) is 0.533. The molecule has 0 aliphatic carbocycles. The lowest BCUT2D eigenvalue weighted by atomic mass is 10.1. The van der Waals surface area contributed by atoms with Gasteiger partial charge in [0.05, 0.1) is 0 Å². The van der Waals surface area contributed by atoms with Crippen LogP contribution in [-0.2, 0) is 11.2 Å². The molecular formula is C15H23O. The highest BCUT2D eigenvalue weighted by atomic mass is 16.5. The van der Waals surface area contributed by atoms with Crippen molar-refractivity contribution in [2.75, 3.05) is 13.2 Å². The largest absolute Gasteiger partial charge is 0.381 e. The van der Waals surface area contributed by atoms with Gasteiger partial charge in [0.25, 0.3) is 0 Å². The van der Waals surface area contributed by atoms with Crippen LogP contribution in [0.5, 0.6) is 0 Å². The second-order valence-corrected chi connectivity index (χ2v) is 4.12. The molecule has 0 atom stereocenters. The molecule has 89 valence electrons. The standard InChI is InChI=1S/C15H23O/c1-2-13-16-14-9-4-3-6-10-15-11-7-5-8-12-15/h5,7-8,11-12H,1-4,6,9-10,13-14H2. The molecule has 0 saturated carbocycles. The Morgan fingerprint density at radius 1 is 0.875 bits per heavy atom. The van der Waals surface area contributed by atoms with Crippen LogP contribution in [0, 0.1) is 6.92 Å². The van der Waals surface area contributed by atoms with E-state index in [2.05, 4.69) is 37.3 Å². The van der Waals surface area contributed by atoms with E-state index in [1.165, 1.54) is 37.7 Å². The second-order valence-electron chi connectivity index (χ2n) is 4.12. The van der Waals surface area contributed by atoms with Gasteiger partial charge in [-0.05, 0) is 31.2 Å². The molecule has 0 aromatic heterocycles.